The van der Waals surface area contributed by atoms with Crippen LogP contribution in [0.5, 0.6) is 0 Å². The minimum Gasteiger partial charge on any atom is -0.465 e. The molecule has 22 heavy (non-hydrogen) atoms. The second-order valence-electron chi connectivity index (χ2n) is 5.46. The normalized spacial score (nSPS) is 32.5. The number of rotatable bonds is 3. The molecule has 0 saturated carbocycles. The number of ether oxygens (including phenoxy) is 1. The highest BCUT2D eigenvalue weighted by molar-refractivity contribution is 6.19. The minimum absolute atomic E-state index is 0.113. The molecule has 1 aromatic rings. The maximum atomic E-state index is 12.7. The summed E-state index contributed by atoms with van der Waals surface area (Å²) in [7, 11) is 0. The molecule has 1 aliphatic heterocycles. The van der Waals surface area contributed by atoms with Gasteiger partial charge in [-0.2, -0.15) is 0 Å². The molecule has 0 fully saturated rings. The number of ketones is 1. The average molecular weight is 303 g/mol. The molecule has 1 aromatic carbocycles. The Bertz CT molecular complexity index is 698. The van der Waals surface area contributed by atoms with Gasteiger partial charge >= 0.3 is 5.97 Å². The third-order valence-corrected chi connectivity index (χ3v) is 4.37. The Hall–Kier alpha value is -2.05. The number of Topliss-reactive ketones (excluding diaryl/α,β-unsaturated/α-hetero) is 1. The van der Waals surface area contributed by atoms with Gasteiger partial charge in [-0.1, -0.05) is 31.2 Å². The highest BCUT2D eigenvalue weighted by atomic mass is 16.5. The highest BCUT2D eigenvalue weighted by Gasteiger charge is 2.72. The lowest BCUT2D eigenvalue weighted by Gasteiger charge is -2.31. The molecule has 1 aliphatic carbocycles. The summed E-state index contributed by atoms with van der Waals surface area (Å²) < 4.78 is 4.98. The van der Waals surface area contributed by atoms with Crippen LogP contribution < -0.4 is 0 Å². The van der Waals surface area contributed by atoms with Crippen LogP contribution in [0.25, 0.3) is 0 Å². The Kier molecular flexibility index (Phi) is 3.19. The van der Waals surface area contributed by atoms with Crippen molar-refractivity contribution >= 4 is 17.5 Å². The molecule has 2 aliphatic rings. The quantitative estimate of drug-likeness (QED) is 0.805. The molecule has 0 radical (unpaired) electrons. The van der Waals surface area contributed by atoms with E-state index in [0.29, 0.717) is 6.42 Å². The molecular weight excluding hydrogens is 286 g/mol. The van der Waals surface area contributed by atoms with Gasteiger partial charge in [0.25, 0.3) is 0 Å². The number of benzene rings is 1. The van der Waals surface area contributed by atoms with Crippen LogP contribution in [0.2, 0.25) is 0 Å². The van der Waals surface area contributed by atoms with E-state index in [0.717, 1.165) is 0 Å². The third kappa shape index (κ3) is 1.54. The van der Waals surface area contributed by atoms with Gasteiger partial charge in [0.1, 0.15) is 5.92 Å². The molecule has 1 heterocycles. The number of fused-ring (bicyclic) bond motifs is 3. The summed E-state index contributed by atoms with van der Waals surface area (Å²) in [6.07, 6.45) is 0.323. The first-order chi connectivity index (χ1) is 10.4. The van der Waals surface area contributed by atoms with Crippen LogP contribution in [0.4, 0.5) is 0 Å². The Labute approximate surface area is 127 Å². The lowest BCUT2D eigenvalue weighted by atomic mass is 9.79. The lowest BCUT2D eigenvalue weighted by Crippen LogP contribution is -2.56. The van der Waals surface area contributed by atoms with E-state index in [-0.39, 0.29) is 23.4 Å². The largest absolute Gasteiger partial charge is 0.465 e. The fourth-order valence-electron chi connectivity index (χ4n) is 3.36. The zero-order valence-electron chi connectivity index (χ0n) is 12.4. The number of nitrogens with zero attached hydrogens (tertiary/aromatic N) is 1. The van der Waals surface area contributed by atoms with Crippen molar-refractivity contribution in [3.05, 3.63) is 35.4 Å². The van der Waals surface area contributed by atoms with Gasteiger partial charge in [0.05, 0.1) is 6.61 Å². The van der Waals surface area contributed by atoms with Gasteiger partial charge in [-0.05, 0) is 13.3 Å². The van der Waals surface area contributed by atoms with E-state index in [1.807, 2.05) is 0 Å². The van der Waals surface area contributed by atoms with Crippen molar-refractivity contribution in [2.45, 2.75) is 31.6 Å². The Morgan fingerprint density at radius 2 is 2.00 bits per heavy atom. The maximum Gasteiger partial charge on any atom is 0.318 e. The van der Waals surface area contributed by atoms with E-state index in [1.54, 1.807) is 26.0 Å². The maximum absolute atomic E-state index is 12.7. The van der Waals surface area contributed by atoms with E-state index in [9.17, 15) is 19.8 Å². The minimum atomic E-state index is -2.34. The smallest absolute Gasteiger partial charge is 0.318 e. The average Bonchev–Trinajstić information content (AvgIpc) is 2.84. The monoisotopic (exact) mass is 303 g/mol. The molecule has 116 valence electrons. The van der Waals surface area contributed by atoms with E-state index >= 15 is 0 Å². The molecule has 6 heteroatoms. The van der Waals surface area contributed by atoms with Crippen molar-refractivity contribution in [3.8, 4) is 0 Å². The van der Waals surface area contributed by atoms with E-state index < -0.39 is 29.0 Å². The van der Waals surface area contributed by atoms with Crippen LogP contribution in [0.15, 0.2) is 29.3 Å². The number of hydrogen-bond acceptors (Lipinski definition) is 6. The number of aliphatic imine (C=N–C) groups is 1. The zero-order chi connectivity index (χ0) is 16.1. The zero-order valence-corrected chi connectivity index (χ0v) is 12.4. The van der Waals surface area contributed by atoms with Gasteiger partial charge < -0.3 is 14.9 Å². The Morgan fingerprint density at radius 3 is 2.64 bits per heavy atom. The van der Waals surface area contributed by atoms with Crippen LogP contribution in [-0.2, 0) is 15.3 Å². The summed E-state index contributed by atoms with van der Waals surface area (Å²) in [5.74, 6) is -2.74. The summed E-state index contributed by atoms with van der Waals surface area (Å²) >= 11 is 0. The summed E-state index contributed by atoms with van der Waals surface area (Å²) in [4.78, 5) is 29.1. The first-order valence-corrected chi connectivity index (χ1v) is 7.26. The van der Waals surface area contributed by atoms with Crippen LogP contribution in [-0.4, -0.2) is 39.9 Å². The molecule has 3 rings (SSSR count). The summed E-state index contributed by atoms with van der Waals surface area (Å²) in [5.41, 5.74) is -3.80. The summed E-state index contributed by atoms with van der Waals surface area (Å²) in [6, 6.07) is 6.33. The number of hydrogen-bond donors (Lipinski definition) is 2. The standard InChI is InChI=1S/C16H17NO5/c1-3-11-12(14(19)22-4-2)15(20)13(18)9-7-5-6-8-10(9)16(15,21)17-11/h5-8,12,20-21H,3-4H2,1-2H3/t12?,15-,16+/m0/s1. The van der Waals surface area contributed by atoms with Crippen molar-refractivity contribution < 1.29 is 24.5 Å². The number of carbonyl (C=O) groups excluding carboxylic acids is 2. The number of carbonyl (C=O) groups is 2. The summed E-state index contributed by atoms with van der Waals surface area (Å²) in [6.45, 7) is 3.49. The second-order valence-corrected chi connectivity index (χ2v) is 5.46. The van der Waals surface area contributed by atoms with Gasteiger partial charge in [0.15, 0.2) is 5.60 Å². The van der Waals surface area contributed by atoms with Crippen molar-refractivity contribution in [1.82, 2.24) is 0 Å². The second kappa shape index (κ2) is 4.72. The fourth-order valence-corrected chi connectivity index (χ4v) is 3.36. The molecule has 1 unspecified atom stereocenters. The van der Waals surface area contributed by atoms with Crippen LogP contribution in [0.3, 0.4) is 0 Å². The van der Waals surface area contributed by atoms with Crippen LogP contribution >= 0.6 is 0 Å². The van der Waals surface area contributed by atoms with Crippen LogP contribution in [0.1, 0.15) is 36.2 Å². The molecule has 2 N–H and O–H groups in total. The topological polar surface area (TPSA) is 96.2 Å². The van der Waals surface area contributed by atoms with Gasteiger partial charge in [-0.15, -0.1) is 0 Å². The predicted octanol–water partition coefficient (Wildman–Crippen LogP) is 0.803. The Balaban J connectivity index is 2.22. The molecule has 6 nitrogen and oxygen atoms in total. The highest BCUT2D eigenvalue weighted by Crippen LogP contribution is 2.53. The van der Waals surface area contributed by atoms with E-state index in [4.69, 9.17) is 4.74 Å². The Morgan fingerprint density at radius 1 is 1.32 bits per heavy atom. The first-order valence-electron chi connectivity index (χ1n) is 7.26. The lowest BCUT2D eigenvalue weighted by molar-refractivity contribution is -0.164. The van der Waals surface area contributed by atoms with Crippen LogP contribution in [0, 0.1) is 5.92 Å². The predicted molar refractivity (Wildman–Crippen MR) is 77.5 cm³/mol. The van der Waals surface area contributed by atoms with Crippen molar-refractivity contribution in [1.29, 1.82) is 0 Å². The fraction of sp³-hybridized carbons (Fsp3) is 0.438. The molecule has 3 atom stereocenters. The molecule has 0 amide bonds. The molecule has 0 spiro atoms. The SMILES string of the molecule is CCOC(=O)C1C(CC)=N[C@@]2(O)c3ccccc3C(=O)[C@@]12O. The summed E-state index contributed by atoms with van der Waals surface area (Å²) in [5, 5.41) is 22.0. The molecule has 0 saturated heterocycles. The number of aliphatic hydroxyl groups is 2. The third-order valence-electron chi connectivity index (χ3n) is 4.37. The molecular formula is C16H17NO5. The van der Waals surface area contributed by atoms with Gasteiger partial charge in [0.2, 0.25) is 11.5 Å². The van der Waals surface area contributed by atoms with E-state index in [1.165, 1.54) is 12.1 Å². The van der Waals surface area contributed by atoms with Gasteiger partial charge in [0, 0.05) is 16.8 Å². The molecule has 0 aromatic heterocycles. The van der Waals surface area contributed by atoms with Crippen molar-refractivity contribution in [2.24, 2.45) is 10.9 Å². The van der Waals surface area contributed by atoms with Gasteiger partial charge in [-0.25, -0.2) is 0 Å². The van der Waals surface area contributed by atoms with Gasteiger partial charge in [-0.3, -0.25) is 14.6 Å². The first kappa shape index (κ1) is 14.9. The number of esters is 1. The van der Waals surface area contributed by atoms with Crippen molar-refractivity contribution in [3.63, 3.8) is 0 Å². The molecule has 0 bridgehead atoms. The van der Waals surface area contributed by atoms with Crippen molar-refractivity contribution in [2.75, 3.05) is 6.61 Å². The van der Waals surface area contributed by atoms with E-state index in [2.05, 4.69) is 4.99 Å².